The maximum Gasteiger partial charge on any atom is 0.326 e. The molecule has 2 N–H and O–H groups in total. The SMILES string of the molecule is COc1ccccc1-c1nc(C#N)ccc1C(=O)Nc1nn(CCCCO)c(=O)s1. The van der Waals surface area contributed by atoms with Gasteiger partial charge in [-0.2, -0.15) is 5.26 Å². The number of aliphatic hydroxyl groups is 1. The number of ether oxygens (including phenoxy) is 1. The van der Waals surface area contributed by atoms with E-state index in [0.29, 0.717) is 36.4 Å². The van der Waals surface area contributed by atoms with Crippen molar-refractivity contribution in [2.24, 2.45) is 0 Å². The molecule has 0 saturated carbocycles. The van der Waals surface area contributed by atoms with Gasteiger partial charge in [0.2, 0.25) is 5.13 Å². The minimum Gasteiger partial charge on any atom is -0.496 e. The number of methoxy groups -OCH3 is 1. The van der Waals surface area contributed by atoms with Crippen LogP contribution in [0, 0.1) is 11.3 Å². The van der Waals surface area contributed by atoms with Crippen LogP contribution in [0.3, 0.4) is 0 Å². The number of unbranched alkanes of at least 4 members (excludes halogenated alkanes) is 1. The van der Waals surface area contributed by atoms with E-state index in [1.165, 1.54) is 23.9 Å². The zero-order valence-corrected chi connectivity index (χ0v) is 17.0. The number of hydrogen-bond donors (Lipinski definition) is 2. The highest BCUT2D eigenvalue weighted by Gasteiger charge is 2.20. The van der Waals surface area contributed by atoms with E-state index in [4.69, 9.17) is 9.84 Å². The van der Waals surface area contributed by atoms with Crippen LogP contribution < -0.4 is 14.9 Å². The monoisotopic (exact) mass is 425 g/mol. The number of rotatable bonds is 8. The van der Waals surface area contributed by atoms with Crippen molar-refractivity contribution in [2.45, 2.75) is 19.4 Å². The molecule has 0 radical (unpaired) electrons. The van der Waals surface area contributed by atoms with E-state index in [0.717, 1.165) is 11.3 Å². The van der Waals surface area contributed by atoms with Crippen LogP contribution in [0.5, 0.6) is 5.75 Å². The fraction of sp³-hybridized carbons (Fsp3) is 0.250. The molecule has 154 valence electrons. The first-order valence-corrected chi connectivity index (χ1v) is 9.93. The van der Waals surface area contributed by atoms with Crippen molar-refractivity contribution in [1.82, 2.24) is 14.8 Å². The van der Waals surface area contributed by atoms with Gasteiger partial charge in [0.1, 0.15) is 17.5 Å². The number of nitrogens with zero attached hydrogens (tertiary/aromatic N) is 4. The van der Waals surface area contributed by atoms with Crippen LogP contribution >= 0.6 is 11.3 Å². The number of aromatic nitrogens is 3. The second-order valence-corrected chi connectivity index (χ2v) is 7.13. The summed E-state index contributed by atoms with van der Waals surface area (Å²) < 4.78 is 6.62. The maximum absolute atomic E-state index is 12.9. The molecule has 3 aromatic rings. The molecule has 2 aromatic heterocycles. The largest absolute Gasteiger partial charge is 0.496 e. The molecule has 0 bridgehead atoms. The van der Waals surface area contributed by atoms with Gasteiger partial charge in [-0.15, -0.1) is 5.10 Å². The second kappa shape index (κ2) is 9.78. The summed E-state index contributed by atoms with van der Waals surface area (Å²) in [6, 6.07) is 12.0. The van der Waals surface area contributed by atoms with E-state index in [1.807, 2.05) is 6.07 Å². The normalized spacial score (nSPS) is 10.4. The van der Waals surface area contributed by atoms with Crippen LogP contribution in [0.1, 0.15) is 28.9 Å². The van der Waals surface area contributed by atoms with Crippen LogP contribution in [0.4, 0.5) is 5.13 Å². The van der Waals surface area contributed by atoms with E-state index in [2.05, 4.69) is 15.4 Å². The predicted octanol–water partition coefficient (Wildman–Crippen LogP) is 2.27. The van der Waals surface area contributed by atoms with Gasteiger partial charge in [0.15, 0.2) is 0 Å². The van der Waals surface area contributed by atoms with Crippen molar-refractivity contribution < 1.29 is 14.6 Å². The molecule has 1 aromatic carbocycles. The molecule has 0 aliphatic rings. The molecule has 0 unspecified atom stereocenters. The first kappa shape index (κ1) is 21.2. The molecule has 10 heteroatoms. The molecular formula is C20H19N5O4S. The average molecular weight is 425 g/mol. The standard InChI is InChI=1S/C20H19N5O4S/c1-29-16-7-3-2-6-14(16)17-15(9-8-13(12-21)22-17)18(27)23-19-24-25(20(28)30-19)10-4-5-11-26/h2-3,6-9,26H,4-5,10-11H2,1H3,(H,23,24,27). The number of hydrogen-bond acceptors (Lipinski definition) is 8. The van der Waals surface area contributed by atoms with Gasteiger partial charge in [0.05, 0.1) is 18.4 Å². The number of nitrogens with one attached hydrogen (secondary N) is 1. The lowest BCUT2D eigenvalue weighted by atomic mass is 10.0. The fourth-order valence-electron chi connectivity index (χ4n) is 2.79. The van der Waals surface area contributed by atoms with Gasteiger partial charge in [0, 0.05) is 18.7 Å². The number of aliphatic hydroxyl groups excluding tert-OH is 1. The Balaban J connectivity index is 1.93. The van der Waals surface area contributed by atoms with Crippen molar-refractivity contribution in [3.63, 3.8) is 0 Å². The van der Waals surface area contributed by atoms with Crippen molar-refractivity contribution in [3.05, 3.63) is 57.3 Å². The highest BCUT2D eigenvalue weighted by molar-refractivity contribution is 7.13. The number of nitriles is 1. The Labute approximate surface area is 176 Å². The molecule has 0 aliphatic carbocycles. The number of carbonyl (C=O) groups is 1. The van der Waals surface area contributed by atoms with E-state index in [-0.39, 0.29) is 27.9 Å². The highest BCUT2D eigenvalue weighted by Crippen LogP contribution is 2.31. The third kappa shape index (κ3) is 4.71. The zero-order chi connectivity index (χ0) is 21.5. The Kier molecular flexibility index (Phi) is 6.90. The van der Waals surface area contributed by atoms with Crippen molar-refractivity contribution in [2.75, 3.05) is 19.0 Å². The summed E-state index contributed by atoms with van der Waals surface area (Å²) in [4.78, 5) is 29.0. The van der Waals surface area contributed by atoms with Gasteiger partial charge in [-0.05, 0) is 48.4 Å². The number of carbonyl (C=O) groups excluding carboxylic acids is 1. The van der Waals surface area contributed by atoms with Gasteiger partial charge < -0.3 is 9.84 Å². The lowest BCUT2D eigenvalue weighted by molar-refractivity contribution is 0.102. The molecule has 0 atom stereocenters. The van der Waals surface area contributed by atoms with E-state index in [1.54, 1.807) is 24.3 Å². The van der Waals surface area contributed by atoms with Gasteiger partial charge in [0.25, 0.3) is 5.91 Å². The number of aryl methyl sites for hydroxylation is 1. The quantitative estimate of drug-likeness (QED) is 0.529. The van der Waals surface area contributed by atoms with E-state index >= 15 is 0 Å². The van der Waals surface area contributed by atoms with Gasteiger partial charge in [-0.1, -0.05) is 12.1 Å². The smallest absolute Gasteiger partial charge is 0.326 e. The van der Waals surface area contributed by atoms with Crippen LogP contribution in [0.25, 0.3) is 11.3 Å². The van der Waals surface area contributed by atoms with Gasteiger partial charge in [-0.25, -0.2) is 9.67 Å². The van der Waals surface area contributed by atoms with E-state index in [9.17, 15) is 14.9 Å². The molecule has 0 aliphatic heterocycles. The summed E-state index contributed by atoms with van der Waals surface area (Å²) in [6.45, 7) is 0.399. The molecule has 30 heavy (non-hydrogen) atoms. The summed E-state index contributed by atoms with van der Waals surface area (Å²) in [5, 5.41) is 25.0. The fourth-order valence-corrected chi connectivity index (χ4v) is 3.47. The number of anilines is 1. The number of pyridine rings is 1. The molecule has 3 rings (SSSR count). The molecule has 0 spiro atoms. The Morgan fingerprint density at radius 3 is 2.83 bits per heavy atom. The highest BCUT2D eigenvalue weighted by atomic mass is 32.1. The summed E-state index contributed by atoms with van der Waals surface area (Å²) >= 11 is 0.817. The van der Waals surface area contributed by atoms with Crippen molar-refractivity contribution >= 4 is 22.4 Å². The summed E-state index contributed by atoms with van der Waals surface area (Å²) in [7, 11) is 1.51. The summed E-state index contributed by atoms with van der Waals surface area (Å²) in [5.41, 5.74) is 1.22. The molecule has 2 heterocycles. The van der Waals surface area contributed by atoms with Crippen molar-refractivity contribution in [1.29, 1.82) is 5.26 Å². The molecular weight excluding hydrogens is 406 g/mol. The third-order valence-electron chi connectivity index (χ3n) is 4.22. The molecule has 0 saturated heterocycles. The Morgan fingerprint density at radius 1 is 1.30 bits per heavy atom. The lowest BCUT2D eigenvalue weighted by Crippen LogP contribution is -2.16. The molecule has 9 nitrogen and oxygen atoms in total. The van der Waals surface area contributed by atoms with Crippen molar-refractivity contribution in [3.8, 4) is 23.1 Å². The lowest BCUT2D eigenvalue weighted by Gasteiger charge is -2.12. The molecule has 1 amide bonds. The van der Waals surface area contributed by atoms with E-state index < -0.39 is 5.91 Å². The zero-order valence-electron chi connectivity index (χ0n) is 16.2. The Hall–Kier alpha value is -3.55. The minimum atomic E-state index is -0.510. The first-order valence-electron chi connectivity index (χ1n) is 9.12. The Morgan fingerprint density at radius 2 is 2.10 bits per heavy atom. The predicted molar refractivity (Wildman–Crippen MR) is 112 cm³/mol. The number of benzene rings is 1. The van der Waals surface area contributed by atoms with Gasteiger partial charge in [-0.3, -0.25) is 14.9 Å². The Bertz CT molecular complexity index is 1150. The topological polar surface area (TPSA) is 130 Å². The summed E-state index contributed by atoms with van der Waals surface area (Å²) in [5.74, 6) is -0.00360. The van der Waals surface area contributed by atoms with Crippen LogP contribution in [-0.2, 0) is 6.54 Å². The third-order valence-corrected chi connectivity index (χ3v) is 4.98. The van der Waals surface area contributed by atoms with Gasteiger partial charge >= 0.3 is 4.87 Å². The molecule has 0 fully saturated rings. The second-order valence-electron chi connectivity index (χ2n) is 6.19. The van der Waals surface area contributed by atoms with Crippen LogP contribution in [-0.4, -0.2) is 39.5 Å². The first-order chi connectivity index (χ1) is 14.6. The minimum absolute atomic E-state index is 0.0416. The van der Waals surface area contributed by atoms with Crippen LogP contribution in [0.2, 0.25) is 0 Å². The van der Waals surface area contributed by atoms with Crippen LogP contribution in [0.15, 0.2) is 41.2 Å². The summed E-state index contributed by atoms with van der Waals surface area (Å²) in [6.07, 6.45) is 1.16. The number of para-hydroxylation sites is 1. The maximum atomic E-state index is 12.9. The number of amides is 1. The average Bonchev–Trinajstić information content (AvgIpc) is 3.12.